The van der Waals surface area contributed by atoms with Gasteiger partial charge in [0.2, 0.25) is 5.91 Å². The summed E-state index contributed by atoms with van der Waals surface area (Å²) in [5.41, 5.74) is 1.77. The molecule has 1 aromatic carbocycles. The largest absolute Gasteiger partial charge is 0.444 e. The second kappa shape index (κ2) is 6.60. The van der Waals surface area contributed by atoms with Gasteiger partial charge >= 0.3 is 6.09 Å². The van der Waals surface area contributed by atoms with Gasteiger partial charge in [-0.15, -0.1) is 0 Å². The first-order chi connectivity index (χ1) is 10.7. The summed E-state index contributed by atoms with van der Waals surface area (Å²) < 4.78 is 5.47. The molecule has 0 spiro atoms. The lowest BCUT2D eigenvalue weighted by atomic mass is 10.0. The zero-order valence-corrected chi connectivity index (χ0v) is 14.6. The Kier molecular flexibility index (Phi) is 4.97. The minimum atomic E-state index is -0.572. The minimum Gasteiger partial charge on any atom is -0.444 e. The van der Waals surface area contributed by atoms with Crippen molar-refractivity contribution < 1.29 is 14.3 Å². The lowest BCUT2D eigenvalue weighted by Crippen LogP contribution is -2.58. The number of nitrogens with zero attached hydrogens (tertiary/aromatic N) is 2. The molecular formula is C18H26N2O3. The van der Waals surface area contributed by atoms with E-state index < -0.39 is 11.7 Å². The van der Waals surface area contributed by atoms with Gasteiger partial charge in [-0.2, -0.15) is 0 Å². The highest BCUT2D eigenvalue weighted by Gasteiger charge is 2.35. The molecule has 1 saturated heterocycles. The average Bonchev–Trinajstić information content (AvgIpc) is 2.40. The Balaban J connectivity index is 2.18. The van der Waals surface area contributed by atoms with Crippen molar-refractivity contribution >= 4 is 12.0 Å². The number of rotatable bonds is 2. The SMILES string of the molecule is Cc1cccc(CC2CN(C)C(=O)CN2C(=O)OC(C)(C)C)c1. The van der Waals surface area contributed by atoms with E-state index in [0.29, 0.717) is 13.0 Å². The molecular weight excluding hydrogens is 292 g/mol. The van der Waals surface area contributed by atoms with Gasteiger partial charge in [0.1, 0.15) is 12.1 Å². The Morgan fingerprint density at radius 1 is 1.35 bits per heavy atom. The summed E-state index contributed by atoms with van der Waals surface area (Å²) in [7, 11) is 1.78. The number of carbonyl (C=O) groups excluding carboxylic acids is 2. The van der Waals surface area contributed by atoms with Crippen LogP contribution in [0, 0.1) is 6.92 Å². The molecule has 1 aliphatic heterocycles. The fourth-order valence-corrected chi connectivity index (χ4v) is 2.73. The van der Waals surface area contributed by atoms with Gasteiger partial charge in [-0.3, -0.25) is 9.69 Å². The van der Waals surface area contributed by atoms with Gasteiger partial charge in [-0.05, 0) is 39.7 Å². The van der Waals surface area contributed by atoms with Crippen molar-refractivity contribution in [1.29, 1.82) is 0 Å². The van der Waals surface area contributed by atoms with Crippen LogP contribution in [0.5, 0.6) is 0 Å². The lowest BCUT2D eigenvalue weighted by molar-refractivity contribution is -0.136. The molecule has 0 bridgehead atoms. The highest BCUT2D eigenvalue weighted by atomic mass is 16.6. The molecule has 1 aromatic rings. The molecule has 1 unspecified atom stereocenters. The number of aryl methyl sites for hydroxylation is 1. The number of likely N-dealkylation sites (N-methyl/N-ethyl adjacent to an activating group) is 1. The van der Waals surface area contributed by atoms with Gasteiger partial charge < -0.3 is 9.64 Å². The fourth-order valence-electron chi connectivity index (χ4n) is 2.73. The Bertz CT molecular complexity index is 592. The zero-order valence-electron chi connectivity index (χ0n) is 14.6. The maximum absolute atomic E-state index is 12.5. The Morgan fingerprint density at radius 2 is 2.04 bits per heavy atom. The Hall–Kier alpha value is -2.04. The van der Waals surface area contributed by atoms with Crippen molar-refractivity contribution in [1.82, 2.24) is 9.80 Å². The third-order valence-electron chi connectivity index (χ3n) is 3.84. The van der Waals surface area contributed by atoms with Crippen molar-refractivity contribution in [3.8, 4) is 0 Å². The molecule has 1 atom stereocenters. The molecule has 1 fully saturated rings. The van der Waals surface area contributed by atoms with E-state index in [-0.39, 0.29) is 18.5 Å². The van der Waals surface area contributed by atoms with Crippen LogP contribution in [-0.4, -0.2) is 53.6 Å². The van der Waals surface area contributed by atoms with Crippen LogP contribution in [0.4, 0.5) is 4.79 Å². The number of benzene rings is 1. The average molecular weight is 318 g/mol. The second-order valence-electron chi connectivity index (χ2n) is 7.23. The standard InChI is InChI=1S/C18H26N2O3/c1-13-7-6-8-14(9-13)10-15-11-19(5)16(21)12-20(15)17(22)23-18(2,3)4/h6-9,15H,10-12H2,1-5H3. The van der Waals surface area contributed by atoms with E-state index in [2.05, 4.69) is 12.1 Å². The molecule has 2 rings (SSSR count). The number of hydrogen-bond donors (Lipinski definition) is 0. The van der Waals surface area contributed by atoms with E-state index in [9.17, 15) is 9.59 Å². The van der Waals surface area contributed by atoms with E-state index in [0.717, 1.165) is 5.56 Å². The summed E-state index contributed by atoms with van der Waals surface area (Å²) in [5, 5.41) is 0. The van der Waals surface area contributed by atoms with Gasteiger partial charge in [0.25, 0.3) is 0 Å². The summed E-state index contributed by atoms with van der Waals surface area (Å²) >= 11 is 0. The van der Waals surface area contributed by atoms with Gasteiger partial charge in [-0.1, -0.05) is 29.8 Å². The maximum Gasteiger partial charge on any atom is 0.411 e. The molecule has 1 aliphatic rings. The molecule has 0 N–H and O–H groups in total. The molecule has 0 radical (unpaired) electrons. The Labute approximate surface area is 138 Å². The van der Waals surface area contributed by atoms with Crippen LogP contribution in [0.2, 0.25) is 0 Å². The van der Waals surface area contributed by atoms with Gasteiger partial charge in [0.15, 0.2) is 0 Å². The highest BCUT2D eigenvalue weighted by molar-refractivity contribution is 5.83. The number of amides is 2. The van der Waals surface area contributed by atoms with Crippen LogP contribution >= 0.6 is 0 Å². The first kappa shape index (κ1) is 17.3. The second-order valence-corrected chi connectivity index (χ2v) is 7.23. The smallest absolute Gasteiger partial charge is 0.411 e. The predicted molar refractivity (Wildman–Crippen MR) is 89.2 cm³/mol. The summed E-state index contributed by atoms with van der Waals surface area (Å²) in [4.78, 5) is 27.7. The van der Waals surface area contributed by atoms with Crippen molar-refractivity contribution in [2.75, 3.05) is 20.1 Å². The van der Waals surface area contributed by atoms with E-state index in [1.54, 1.807) is 16.8 Å². The molecule has 5 heteroatoms. The summed E-state index contributed by atoms with van der Waals surface area (Å²) in [6.07, 6.45) is 0.287. The van der Waals surface area contributed by atoms with E-state index >= 15 is 0 Å². The molecule has 0 aromatic heterocycles. The van der Waals surface area contributed by atoms with Crippen LogP contribution in [0.3, 0.4) is 0 Å². The van der Waals surface area contributed by atoms with Gasteiger partial charge in [0.05, 0.1) is 6.04 Å². The van der Waals surface area contributed by atoms with Crippen LogP contribution in [0.15, 0.2) is 24.3 Å². The molecule has 0 aliphatic carbocycles. The van der Waals surface area contributed by atoms with Crippen LogP contribution in [0.1, 0.15) is 31.9 Å². The maximum atomic E-state index is 12.5. The minimum absolute atomic E-state index is 0.0589. The molecule has 5 nitrogen and oxygen atoms in total. The van der Waals surface area contributed by atoms with Gasteiger partial charge in [0, 0.05) is 13.6 Å². The molecule has 23 heavy (non-hydrogen) atoms. The monoisotopic (exact) mass is 318 g/mol. The van der Waals surface area contributed by atoms with E-state index in [1.165, 1.54) is 5.56 Å². The summed E-state index contributed by atoms with van der Waals surface area (Å²) in [6.45, 7) is 8.13. The number of hydrogen-bond acceptors (Lipinski definition) is 3. The Morgan fingerprint density at radius 3 is 2.65 bits per heavy atom. The fraction of sp³-hybridized carbons (Fsp3) is 0.556. The van der Waals surface area contributed by atoms with Crippen LogP contribution in [-0.2, 0) is 16.0 Å². The van der Waals surface area contributed by atoms with Crippen molar-refractivity contribution in [3.05, 3.63) is 35.4 Å². The zero-order chi connectivity index (χ0) is 17.2. The first-order valence-corrected chi connectivity index (χ1v) is 7.95. The topological polar surface area (TPSA) is 49.9 Å². The molecule has 126 valence electrons. The number of piperazine rings is 1. The third kappa shape index (κ3) is 4.71. The van der Waals surface area contributed by atoms with Crippen molar-refractivity contribution in [3.63, 3.8) is 0 Å². The predicted octanol–water partition coefficient (Wildman–Crippen LogP) is 2.62. The summed E-state index contributed by atoms with van der Waals surface area (Å²) in [6, 6.07) is 8.15. The van der Waals surface area contributed by atoms with Crippen molar-refractivity contribution in [2.45, 2.75) is 45.8 Å². The van der Waals surface area contributed by atoms with E-state index in [1.807, 2.05) is 39.8 Å². The van der Waals surface area contributed by atoms with Crippen molar-refractivity contribution in [2.24, 2.45) is 0 Å². The summed E-state index contributed by atoms with van der Waals surface area (Å²) in [5.74, 6) is -0.0589. The number of carbonyl (C=O) groups is 2. The quantitative estimate of drug-likeness (QED) is 0.842. The molecule has 2 amide bonds. The molecule has 0 saturated carbocycles. The van der Waals surface area contributed by atoms with E-state index in [4.69, 9.17) is 4.74 Å². The van der Waals surface area contributed by atoms with Crippen LogP contribution < -0.4 is 0 Å². The normalized spacial score (nSPS) is 19.0. The number of ether oxygens (including phenoxy) is 1. The first-order valence-electron chi connectivity index (χ1n) is 7.95. The highest BCUT2D eigenvalue weighted by Crippen LogP contribution is 2.19. The van der Waals surface area contributed by atoms with Gasteiger partial charge in [-0.25, -0.2) is 4.79 Å². The molecule has 1 heterocycles. The van der Waals surface area contributed by atoms with Crippen LogP contribution in [0.25, 0.3) is 0 Å². The lowest BCUT2D eigenvalue weighted by Gasteiger charge is -2.40. The third-order valence-corrected chi connectivity index (χ3v) is 3.84.